The van der Waals surface area contributed by atoms with E-state index in [1.54, 1.807) is 30.3 Å². The van der Waals surface area contributed by atoms with Crippen LogP contribution in [0.3, 0.4) is 0 Å². The number of rotatable bonds is 8. The predicted octanol–water partition coefficient (Wildman–Crippen LogP) is 0.748. The van der Waals surface area contributed by atoms with Crippen molar-refractivity contribution in [2.45, 2.75) is 6.92 Å². The van der Waals surface area contributed by atoms with Crippen LogP contribution in [-0.2, 0) is 9.59 Å². The summed E-state index contributed by atoms with van der Waals surface area (Å²) >= 11 is 0. The van der Waals surface area contributed by atoms with E-state index in [9.17, 15) is 14.4 Å². The predicted molar refractivity (Wildman–Crippen MR) is 101 cm³/mol. The standard InChI is InChI=1S/C19H26N4O3/c1-3-8-20-18(25)13-22-9-11-23(12-10-22)14-19(26)21-17-7-5-4-6-16(17)15(2)24/h3-7H,1,8-14H2,2H3,(H,20,25)(H,21,26). The zero-order valence-corrected chi connectivity index (χ0v) is 15.2. The maximum absolute atomic E-state index is 12.3. The molecule has 1 aliphatic rings. The van der Waals surface area contributed by atoms with Crippen molar-refractivity contribution in [1.29, 1.82) is 0 Å². The molecule has 1 fully saturated rings. The van der Waals surface area contributed by atoms with Gasteiger partial charge in [0.1, 0.15) is 0 Å². The number of Topliss-reactive ketones (excluding diaryl/α,β-unsaturated/α-hetero) is 1. The van der Waals surface area contributed by atoms with Gasteiger partial charge in [0.15, 0.2) is 5.78 Å². The zero-order chi connectivity index (χ0) is 18.9. The van der Waals surface area contributed by atoms with Gasteiger partial charge in [0, 0.05) is 38.3 Å². The van der Waals surface area contributed by atoms with Crippen LogP contribution in [0.15, 0.2) is 36.9 Å². The number of nitrogens with zero attached hydrogens (tertiary/aromatic N) is 2. The molecule has 140 valence electrons. The lowest BCUT2D eigenvalue weighted by atomic mass is 10.1. The molecular weight excluding hydrogens is 332 g/mol. The first kappa shape index (κ1) is 19.8. The van der Waals surface area contributed by atoms with Crippen molar-refractivity contribution in [2.24, 2.45) is 0 Å². The van der Waals surface area contributed by atoms with Crippen molar-refractivity contribution < 1.29 is 14.4 Å². The van der Waals surface area contributed by atoms with Gasteiger partial charge in [-0.2, -0.15) is 0 Å². The molecule has 26 heavy (non-hydrogen) atoms. The number of carbonyl (C=O) groups excluding carboxylic acids is 3. The molecule has 2 amide bonds. The van der Waals surface area contributed by atoms with E-state index < -0.39 is 0 Å². The summed E-state index contributed by atoms with van der Waals surface area (Å²) < 4.78 is 0. The van der Waals surface area contributed by atoms with E-state index in [2.05, 4.69) is 22.1 Å². The number of benzene rings is 1. The molecule has 0 saturated carbocycles. The average Bonchev–Trinajstić information content (AvgIpc) is 2.62. The van der Waals surface area contributed by atoms with E-state index in [1.807, 2.05) is 4.90 Å². The molecule has 1 aliphatic heterocycles. The Morgan fingerprint density at radius 3 is 2.19 bits per heavy atom. The quantitative estimate of drug-likeness (QED) is 0.529. The van der Waals surface area contributed by atoms with Crippen LogP contribution in [0, 0.1) is 0 Å². The SMILES string of the molecule is C=CCNC(=O)CN1CCN(CC(=O)Nc2ccccc2C(C)=O)CC1. The fourth-order valence-electron chi connectivity index (χ4n) is 2.84. The summed E-state index contributed by atoms with van der Waals surface area (Å²) in [7, 11) is 0. The third-order valence-electron chi connectivity index (χ3n) is 4.22. The van der Waals surface area contributed by atoms with E-state index in [-0.39, 0.29) is 24.1 Å². The number of hydrogen-bond donors (Lipinski definition) is 2. The van der Waals surface area contributed by atoms with Crippen molar-refractivity contribution in [3.05, 3.63) is 42.5 Å². The van der Waals surface area contributed by atoms with Crippen molar-refractivity contribution in [2.75, 3.05) is 51.1 Å². The molecule has 2 N–H and O–H groups in total. The first-order valence-corrected chi connectivity index (χ1v) is 8.71. The van der Waals surface area contributed by atoms with Crippen LogP contribution >= 0.6 is 0 Å². The van der Waals surface area contributed by atoms with Gasteiger partial charge in [0.25, 0.3) is 0 Å². The summed E-state index contributed by atoms with van der Waals surface area (Å²) in [6, 6.07) is 7.00. The third kappa shape index (κ3) is 6.09. The molecule has 2 rings (SSSR count). The number of carbonyl (C=O) groups is 3. The second-order valence-corrected chi connectivity index (χ2v) is 6.29. The van der Waals surface area contributed by atoms with Gasteiger partial charge < -0.3 is 10.6 Å². The van der Waals surface area contributed by atoms with Crippen LogP contribution in [0.25, 0.3) is 0 Å². The van der Waals surface area contributed by atoms with Gasteiger partial charge in [-0.05, 0) is 19.1 Å². The van der Waals surface area contributed by atoms with E-state index >= 15 is 0 Å². The molecular formula is C19H26N4O3. The number of para-hydroxylation sites is 1. The number of amides is 2. The largest absolute Gasteiger partial charge is 0.352 e. The summed E-state index contributed by atoms with van der Waals surface area (Å²) in [5.41, 5.74) is 1.05. The minimum absolute atomic E-state index is 0.0167. The van der Waals surface area contributed by atoms with Crippen molar-refractivity contribution in [3.63, 3.8) is 0 Å². The number of piperazine rings is 1. The van der Waals surface area contributed by atoms with E-state index in [0.29, 0.717) is 24.3 Å². The molecule has 0 aromatic heterocycles. The Kier molecular flexibility index (Phi) is 7.50. The molecule has 0 radical (unpaired) electrons. The minimum atomic E-state index is -0.143. The highest BCUT2D eigenvalue weighted by atomic mass is 16.2. The topological polar surface area (TPSA) is 81.8 Å². The van der Waals surface area contributed by atoms with Gasteiger partial charge in [0.05, 0.1) is 18.8 Å². The fraction of sp³-hybridized carbons (Fsp3) is 0.421. The lowest BCUT2D eigenvalue weighted by Crippen LogP contribution is -2.51. The van der Waals surface area contributed by atoms with Gasteiger partial charge in [-0.1, -0.05) is 18.2 Å². The summed E-state index contributed by atoms with van der Waals surface area (Å²) in [5.74, 6) is -0.239. The summed E-state index contributed by atoms with van der Waals surface area (Å²) in [6.07, 6.45) is 1.65. The van der Waals surface area contributed by atoms with Crippen LogP contribution in [0.4, 0.5) is 5.69 Å². The second kappa shape index (κ2) is 9.84. The second-order valence-electron chi connectivity index (χ2n) is 6.29. The maximum atomic E-state index is 12.3. The Hall–Kier alpha value is -2.51. The Morgan fingerprint density at radius 2 is 1.62 bits per heavy atom. The average molecular weight is 358 g/mol. The minimum Gasteiger partial charge on any atom is -0.352 e. The Labute approximate surface area is 154 Å². The molecule has 0 unspecified atom stereocenters. The van der Waals surface area contributed by atoms with Crippen LogP contribution in [0.2, 0.25) is 0 Å². The highest BCUT2D eigenvalue weighted by Gasteiger charge is 2.21. The number of anilines is 1. The molecule has 7 nitrogen and oxygen atoms in total. The molecule has 1 heterocycles. The van der Waals surface area contributed by atoms with E-state index in [0.717, 1.165) is 26.2 Å². The molecule has 1 aromatic rings. The number of ketones is 1. The molecule has 7 heteroatoms. The molecule has 0 spiro atoms. The van der Waals surface area contributed by atoms with Crippen LogP contribution in [-0.4, -0.2) is 73.2 Å². The Morgan fingerprint density at radius 1 is 1.04 bits per heavy atom. The maximum Gasteiger partial charge on any atom is 0.238 e. The first-order chi connectivity index (χ1) is 12.5. The molecule has 1 aromatic carbocycles. The summed E-state index contributed by atoms with van der Waals surface area (Å²) in [6.45, 7) is 9.06. The van der Waals surface area contributed by atoms with Crippen LogP contribution < -0.4 is 10.6 Å². The molecule has 0 atom stereocenters. The molecule has 0 aliphatic carbocycles. The molecule has 0 bridgehead atoms. The van der Waals surface area contributed by atoms with Crippen molar-refractivity contribution in [1.82, 2.24) is 15.1 Å². The fourth-order valence-corrected chi connectivity index (χ4v) is 2.84. The lowest BCUT2D eigenvalue weighted by molar-refractivity contribution is -0.123. The van der Waals surface area contributed by atoms with Gasteiger partial charge in [0.2, 0.25) is 11.8 Å². The number of hydrogen-bond acceptors (Lipinski definition) is 5. The van der Waals surface area contributed by atoms with Crippen LogP contribution in [0.5, 0.6) is 0 Å². The van der Waals surface area contributed by atoms with Crippen molar-refractivity contribution in [3.8, 4) is 0 Å². The smallest absolute Gasteiger partial charge is 0.238 e. The van der Waals surface area contributed by atoms with E-state index in [1.165, 1.54) is 6.92 Å². The first-order valence-electron chi connectivity index (χ1n) is 8.71. The lowest BCUT2D eigenvalue weighted by Gasteiger charge is -2.33. The van der Waals surface area contributed by atoms with Gasteiger partial charge in [-0.25, -0.2) is 0 Å². The molecule has 1 saturated heterocycles. The van der Waals surface area contributed by atoms with E-state index in [4.69, 9.17) is 0 Å². The Bertz CT molecular complexity index is 667. The summed E-state index contributed by atoms with van der Waals surface area (Å²) in [4.78, 5) is 39.7. The van der Waals surface area contributed by atoms with Gasteiger partial charge >= 0.3 is 0 Å². The third-order valence-corrected chi connectivity index (χ3v) is 4.22. The number of nitrogens with one attached hydrogen (secondary N) is 2. The normalized spacial score (nSPS) is 15.3. The highest BCUT2D eigenvalue weighted by Crippen LogP contribution is 2.15. The van der Waals surface area contributed by atoms with Crippen molar-refractivity contribution >= 4 is 23.3 Å². The monoisotopic (exact) mass is 358 g/mol. The highest BCUT2D eigenvalue weighted by molar-refractivity contribution is 6.04. The summed E-state index contributed by atoms with van der Waals surface area (Å²) in [5, 5.41) is 5.58. The van der Waals surface area contributed by atoms with Gasteiger partial charge in [-0.3, -0.25) is 24.2 Å². The Balaban J connectivity index is 1.77. The van der Waals surface area contributed by atoms with Gasteiger partial charge in [-0.15, -0.1) is 6.58 Å². The zero-order valence-electron chi connectivity index (χ0n) is 15.2. The van der Waals surface area contributed by atoms with Crippen LogP contribution in [0.1, 0.15) is 17.3 Å².